The van der Waals surface area contributed by atoms with E-state index in [1.165, 1.54) is 16.9 Å². The maximum absolute atomic E-state index is 11.9. The molecule has 2 rings (SSSR count). The zero-order valence-electron chi connectivity index (χ0n) is 9.12. The Hall–Kier alpha value is -2.21. The predicted octanol–water partition coefficient (Wildman–Crippen LogP) is 2.33. The third kappa shape index (κ3) is 2.54. The molecule has 0 aliphatic carbocycles. The highest BCUT2D eigenvalue weighted by Gasteiger charge is 2.15. The van der Waals surface area contributed by atoms with Crippen molar-refractivity contribution in [2.24, 2.45) is 0 Å². The minimum atomic E-state index is -0.615. The molecule has 0 fully saturated rings. The van der Waals surface area contributed by atoms with Crippen molar-refractivity contribution < 1.29 is 9.72 Å². The van der Waals surface area contributed by atoms with E-state index in [1.54, 1.807) is 24.3 Å². The molecule has 0 spiro atoms. The third-order valence-electron chi connectivity index (χ3n) is 2.29. The Morgan fingerprint density at radius 2 is 2.11 bits per heavy atom. The zero-order chi connectivity index (χ0) is 13.1. The molecule has 0 unspecified atom stereocenters. The molecule has 0 amide bonds. The minimum absolute atomic E-state index is 0.0857. The van der Waals surface area contributed by atoms with Gasteiger partial charge in [-0.2, -0.15) is 4.68 Å². The number of benzene rings is 1. The second-order valence-corrected chi connectivity index (χ2v) is 3.94. The van der Waals surface area contributed by atoms with Gasteiger partial charge in [-0.05, 0) is 17.1 Å². The van der Waals surface area contributed by atoms with Crippen molar-refractivity contribution in [1.29, 1.82) is 0 Å². The first kappa shape index (κ1) is 12.3. The molecular weight excluding hydrogens is 258 g/mol. The molecular formula is C11H8ClN3O3. The van der Waals surface area contributed by atoms with Crippen LogP contribution in [0.1, 0.15) is 10.4 Å². The van der Waals surface area contributed by atoms with Crippen LogP contribution in [0.2, 0.25) is 5.02 Å². The van der Waals surface area contributed by atoms with Crippen LogP contribution in [0.4, 0.5) is 5.82 Å². The standard InChI is InChI=1S/C11H8ClN3O3/c12-9-4-2-1-3-8(9)10(16)7-14-6-5-11(13-14)15(17)18/h1-6H,7H2. The molecule has 7 heteroatoms. The summed E-state index contributed by atoms with van der Waals surface area (Å²) in [5, 5.41) is 14.5. The van der Waals surface area contributed by atoms with Crippen LogP contribution in [-0.4, -0.2) is 20.5 Å². The topological polar surface area (TPSA) is 78.0 Å². The number of nitro groups is 1. The summed E-state index contributed by atoms with van der Waals surface area (Å²) < 4.78 is 1.21. The van der Waals surface area contributed by atoms with E-state index in [4.69, 9.17) is 11.6 Å². The molecule has 2 aromatic rings. The van der Waals surface area contributed by atoms with Gasteiger partial charge in [0.1, 0.15) is 6.54 Å². The number of rotatable bonds is 4. The summed E-state index contributed by atoms with van der Waals surface area (Å²) in [4.78, 5) is 21.7. The number of hydrogen-bond acceptors (Lipinski definition) is 4. The van der Waals surface area contributed by atoms with Gasteiger partial charge in [-0.15, -0.1) is 0 Å². The van der Waals surface area contributed by atoms with Crippen LogP contribution in [0.15, 0.2) is 36.5 Å². The van der Waals surface area contributed by atoms with Crippen molar-refractivity contribution in [3.8, 4) is 0 Å². The average Bonchev–Trinajstić information content (AvgIpc) is 2.78. The van der Waals surface area contributed by atoms with E-state index in [2.05, 4.69) is 5.10 Å². The van der Waals surface area contributed by atoms with Crippen LogP contribution in [-0.2, 0) is 6.54 Å². The molecule has 1 aromatic carbocycles. The minimum Gasteiger partial charge on any atom is -0.358 e. The smallest absolute Gasteiger partial charge is 0.358 e. The Morgan fingerprint density at radius 1 is 1.39 bits per heavy atom. The maximum Gasteiger partial charge on any atom is 0.389 e. The number of carbonyl (C=O) groups excluding carboxylic acids is 1. The number of halogens is 1. The monoisotopic (exact) mass is 265 g/mol. The second-order valence-electron chi connectivity index (χ2n) is 3.53. The Balaban J connectivity index is 2.16. The van der Waals surface area contributed by atoms with Gasteiger partial charge in [-0.1, -0.05) is 23.7 Å². The van der Waals surface area contributed by atoms with E-state index in [1.807, 2.05) is 0 Å². The number of nitrogens with zero attached hydrogens (tertiary/aromatic N) is 3. The van der Waals surface area contributed by atoms with E-state index in [-0.39, 0.29) is 18.1 Å². The van der Waals surface area contributed by atoms with Crippen LogP contribution in [0, 0.1) is 10.1 Å². The quantitative estimate of drug-likeness (QED) is 0.483. The molecule has 6 nitrogen and oxygen atoms in total. The molecule has 0 aliphatic rings. The summed E-state index contributed by atoms with van der Waals surface area (Å²) in [5.41, 5.74) is 0.373. The van der Waals surface area contributed by atoms with Gasteiger partial charge >= 0.3 is 5.82 Å². The molecule has 1 aromatic heterocycles. The fraction of sp³-hybridized carbons (Fsp3) is 0.0909. The van der Waals surface area contributed by atoms with Crippen LogP contribution in [0.5, 0.6) is 0 Å². The van der Waals surface area contributed by atoms with Crippen LogP contribution < -0.4 is 0 Å². The number of hydrogen-bond donors (Lipinski definition) is 0. The normalized spacial score (nSPS) is 10.3. The third-order valence-corrected chi connectivity index (χ3v) is 2.62. The molecule has 1 heterocycles. The summed E-state index contributed by atoms with van der Waals surface area (Å²) in [6, 6.07) is 7.87. The van der Waals surface area contributed by atoms with Gasteiger partial charge in [0.25, 0.3) is 0 Å². The molecule has 92 valence electrons. The fourth-order valence-electron chi connectivity index (χ4n) is 1.46. The molecule has 0 bridgehead atoms. The van der Waals surface area contributed by atoms with Gasteiger partial charge < -0.3 is 10.1 Å². The lowest BCUT2D eigenvalue weighted by molar-refractivity contribution is -0.389. The SMILES string of the molecule is O=C(Cn1ccc([N+](=O)[O-])n1)c1ccccc1Cl. The Labute approximate surface area is 107 Å². The largest absolute Gasteiger partial charge is 0.389 e. The van der Waals surface area contributed by atoms with Gasteiger partial charge in [0.15, 0.2) is 5.78 Å². The van der Waals surface area contributed by atoms with E-state index in [9.17, 15) is 14.9 Å². The molecule has 0 aliphatic heterocycles. The van der Waals surface area contributed by atoms with Crippen LogP contribution in [0.25, 0.3) is 0 Å². The fourth-order valence-corrected chi connectivity index (χ4v) is 1.70. The average molecular weight is 266 g/mol. The second kappa shape index (κ2) is 4.97. The summed E-state index contributed by atoms with van der Waals surface area (Å²) in [6.45, 7) is -0.0857. The van der Waals surface area contributed by atoms with Gasteiger partial charge in [-0.25, -0.2) is 0 Å². The summed E-state index contributed by atoms with van der Waals surface area (Å²) in [6.07, 6.45) is 1.38. The van der Waals surface area contributed by atoms with Crippen molar-refractivity contribution in [1.82, 2.24) is 9.78 Å². The van der Waals surface area contributed by atoms with E-state index in [0.717, 1.165) is 0 Å². The summed E-state index contributed by atoms with van der Waals surface area (Å²) in [7, 11) is 0. The van der Waals surface area contributed by atoms with Gasteiger partial charge in [0.05, 0.1) is 22.4 Å². The molecule has 0 saturated heterocycles. The molecule has 0 radical (unpaired) electrons. The number of carbonyl (C=O) groups is 1. The van der Waals surface area contributed by atoms with E-state index >= 15 is 0 Å². The zero-order valence-corrected chi connectivity index (χ0v) is 9.87. The first-order chi connectivity index (χ1) is 8.58. The Kier molecular flexibility index (Phi) is 3.38. The Morgan fingerprint density at radius 3 is 2.72 bits per heavy atom. The van der Waals surface area contributed by atoms with Crippen molar-refractivity contribution in [2.75, 3.05) is 0 Å². The lowest BCUT2D eigenvalue weighted by Crippen LogP contribution is -2.11. The number of aromatic nitrogens is 2. The lowest BCUT2D eigenvalue weighted by Gasteiger charge is -2.01. The van der Waals surface area contributed by atoms with Gasteiger partial charge in [0, 0.05) is 5.56 Å². The Bertz CT molecular complexity index is 609. The molecule has 0 N–H and O–H groups in total. The highest BCUT2D eigenvalue weighted by molar-refractivity contribution is 6.33. The lowest BCUT2D eigenvalue weighted by atomic mass is 10.1. The highest BCUT2D eigenvalue weighted by Crippen LogP contribution is 2.16. The number of ketones is 1. The van der Waals surface area contributed by atoms with Crippen molar-refractivity contribution in [3.63, 3.8) is 0 Å². The first-order valence-electron chi connectivity index (χ1n) is 5.03. The van der Waals surface area contributed by atoms with E-state index < -0.39 is 4.92 Å². The molecule has 18 heavy (non-hydrogen) atoms. The first-order valence-corrected chi connectivity index (χ1v) is 5.41. The summed E-state index contributed by atoms with van der Waals surface area (Å²) in [5.74, 6) is -0.541. The maximum atomic E-state index is 11.9. The van der Waals surface area contributed by atoms with Crippen molar-refractivity contribution in [3.05, 3.63) is 57.2 Å². The van der Waals surface area contributed by atoms with Gasteiger partial charge in [-0.3, -0.25) is 4.79 Å². The van der Waals surface area contributed by atoms with Crippen molar-refractivity contribution in [2.45, 2.75) is 6.54 Å². The van der Waals surface area contributed by atoms with Gasteiger partial charge in [0.2, 0.25) is 0 Å². The summed E-state index contributed by atoms with van der Waals surface area (Å²) >= 11 is 5.88. The van der Waals surface area contributed by atoms with E-state index in [0.29, 0.717) is 10.6 Å². The van der Waals surface area contributed by atoms with Crippen LogP contribution in [0.3, 0.4) is 0 Å². The predicted molar refractivity (Wildman–Crippen MR) is 64.7 cm³/mol. The van der Waals surface area contributed by atoms with Crippen LogP contribution >= 0.6 is 11.6 Å². The highest BCUT2D eigenvalue weighted by atomic mass is 35.5. The molecule has 0 saturated carbocycles. The molecule has 0 atom stereocenters. The number of Topliss-reactive ketones (excluding diaryl/α,β-unsaturated/α-hetero) is 1. The van der Waals surface area contributed by atoms with Crippen molar-refractivity contribution >= 4 is 23.2 Å².